The molecule has 0 radical (unpaired) electrons. The summed E-state index contributed by atoms with van der Waals surface area (Å²) in [7, 11) is 1.64. The molecule has 0 saturated heterocycles. The molecule has 1 aromatic heterocycles. The largest absolute Gasteiger partial charge is 0.497 e. The van der Waals surface area contributed by atoms with Gasteiger partial charge in [0, 0.05) is 12.0 Å². The van der Waals surface area contributed by atoms with E-state index < -0.39 is 0 Å². The van der Waals surface area contributed by atoms with Crippen LogP contribution in [0.1, 0.15) is 30.8 Å². The molecule has 1 aliphatic rings. The van der Waals surface area contributed by atoms with Gasteiger partial charge in [-0.1, -0.05) is 18.5 Å². The van der Waals surface area contributed by atoms with Gasteiger partial charge in [0.05, 0.1) is 24.4 Å². The summed E-state index contributed by atoms with van der Waals surface area (Å²) >= 11 is 6.16. The number of anilines is 1. The Morgan fingerprint density at radius 1 is 1.35 bits per heavy atom. The lowest BCUT2D eigenvalue weighted by Crippen LogP contribution is -1.99. The van der Waals surface area contributed by atoms with Crippen molar-refractivity contribution in [3.63, 3.8) is 0 Å². The van der Waals surface area contributed by atoms with Gasteiger partial charge in [-0.2, -0.15) is 0 Å². The molecule has 0 spiro atoms. The van der Waals surface area contributed by atoms with Gasteiger partial charge in [-0.25, -0.2) is 0 Å². The number of furan rings is 1. The van der Waals surface area contributed by atoms with Crippen LogP contribution in [-0.4, -0.2) is 7.11 Å². The van der Waals surface area contributed by atoms with Gasteiger partial charge in [-0.3, -0.25) is 0 Å². The fourth-order valence-corrected chi connectivity index (χ4v) is 2.54. The van der Waals surface area contributed by atoms with Crippen LogP contribution < -0.4 is 10.1 Å². The minimum Gasteiger partial charge on any atom is -0.497 e. The zero-order valence-corrected chi connectivity index (χ0v) is 12.4. The number of halogens is 1. The van der Waals surface area contributed by atoms with Crippen molar-refractivity contribution < 1.29 is 9.15 Å². The first-order valence-corrected chi connectivity index (χ1v) is 7.21. The molecule has 1 fully saturated rings. The smallest absolute Gasteiger partial charge is 0.123 e. The second-order valence-electron chi connectivity index (χ2n) is 5.32. The molecular formula is C16H18ClNO2. The minimum absolute atomic E-state index is 0.615. The molecule has 0 bridgehead atoms. The van der Waals surface area contributed by atoms with E-state index in [2.05, 4.69) is 18.3 Å². The Morgan fingerprint density at radius 2 is 2.15 bits per heavy atom. The number of hydrogen-bond donors (Lipinski definition) is 1. The minimum atomic E-state index is 0.615. The summed E-state index contributed by atoms with van der Waals surface area (Å²) in [5, 5.41) is 3.96. The van der Waals surface area contributed by atoms with Gasteiger partial charge in [0.2, 0.25) is 0 Å². The fourth-order valence-electron chi connectivity index (χ4n) is 2.36. The molecule has 4 heteroatoms. The van der Waals surface area contributed by atoms with E-state index in [0.29, 0.717) is 17.5 Å². The number of hydrogen-bond acceptors (Lipinski definition) is 3. The third-order valence-corrected chi connectivity index (χ3v) is 4.11. The highest BCUT2D eigenvalue weighted by Crippen LogP contribution is 2.47. The lowest BCUT2D eigenvalue weighted by Gasteiger charge is -2.08. The van der Waals surface area contributed by atoms with Gasteiger partial charge in [-0.15, -0.1) is 0 Å². The molecule has 1 N–H and O–H groups in total. The van der Waals surface area contributed by atoms with Crippen LogP contribution in [0.5, 0.6) is 5.75 Å². The highest BCUT2D eigenvalue weighted by Gasteiger charge is 2.36. The maximum absolute atomic E-state index is 6.16. The molecule has 1 heterocycles. The summed E-state index contributed by atoms with van der Waals surface area (Å²) in [5.74, 6) is 4.19. The van der Waals surface area contributed by atoms with Gasteiger partial charge in [0.15, 0.2) is 0 Å². The Hall–Kier alpha value is -1.61. The third-order valence-electron chi connectivity index (χ3n) is 3.78. The molecule has 0 aliphatic heterocycles. The predicted octanol–water partition coefficient (Wildman–Crippen LogP) is 4.68. The Labute approximate surface area is 123 Å². The molecule has 3 nitrogen and oxygen atoms in total. The molecule has 3 rings (SSSR count). The van der Waals surface area contributed by atoms with E-state index in [1.165, 1.54) is 6.42 Å². The summed E-state index contributed by atoms with van der Waals surface area (Å²) in [6.07, 6.45) is 1.24. The summed E-state index contributed by atoms with van der Waals surface area (Å²) in [6, 6.07) is 9.66. The molecule has 20 heavy (non-hydrogen) atoms. The first-order chi connectivity index (χ1) is 9.67. The topological polar surface area (TPSA) is 34.4 Å². The molecule has 1 aliphatic carbocycles. The summed E-state index contributed by atoms with van der Waals surface area (Å²) < 4.78 is 11.1. The average molecular weight is 292 g/mol. The first-order valence-electron chi connectivity index (χ1n) is 6.83. The van der Waals surface area contributed by atoms with E-state index in [1.54, 1.807) is 7.11 Å². The van der Waals surface area contributed by atoms with E-state index in [-0.39, 0.29) is 0 Å². The predicted molar refractivity (Wildman–Crippen MR) is 80.6 cm³/mol. The van der Waals surface area contributed by atoms with Crippen LogP contribution in [-0.2, 0) is 6.54 Å². The van der Waals surface area contributed by atoms with Crippen molar-refractivity contribution in [3.8, 4) is 5.75 Å². The van der Waals surface area contributed by atoms with Crippen LogP contribution in [0, 0.1) is 5.92 Å². The Balaban J connectivity index is 1.65. The van der Waals surface area contributed by atoms with Crippen molar-refractivity contribution in [1.29, 1.82) is 0 Å². The Kier molecular flexibility index (Phi) is 3.62. The van der Waals surface area contributed by atoms with Gasteiger partial charge in [-0.05, 0) is 36.6 Å². The number of nitrogens with one attached hydrogen (secondary N) is 1. The zero-order chi connectivity index (χ0) is 14.1. The van der Waals surface area contributed by atoms with Gasteiger partial charge < -0.3 is 14.5 Å². The second kappa shape index (κ2) is 5.41. The van der Waals surface area contributed by atoms with Crippen molar-refractivity contribution in [2.24, 2.45) is 5.92 Å². The monoisotopic (exact) mass is 291 g/mol. The quantitative estimate of drug-likeness (QED) is 0.869. The average Bonchev–Trinajstić information content (AvgIpc) is 3.00. The standard InChI is InChI=1S/C16H18ClNO2/c1-10-7-13(10)16-6-4-12(20-16)9-18-15-8-11(19-2)3-5-14(15)17/h3-6,8,10,13,18H,7,9H2,1-2H3. The van der Waals surface area contributed by atoms with Crippen LogP contribution >= 0.6 is 11.6 Å². The van der Waals surface area contributed by atoms with E-state index in [1.807, 2.05) is 24.3 Å². The molecule has 2 unspecified atom stereocenters. The number of ether oxygens (including phenoxy) is 1. The maximum Gasteiger partial charge on any atom is 0.123 e. The summed E-state index contributed by atoms with van der Waals surface area (Å²) in [4.78, 5) is 0. The van der Waals surface area contributed by atoms with E-state index in [0.717, 1.165) is 28.9 Å². The first kappa shape index (κ1) is 13.4. The number of methoxy groups -OCH3 is 1. The van der Waals surface area contributed by atoms with Crippen molar-refractivity contribution in [2.45, 2.75) is 25.8 Å². The molecule has 0 amide bonds. The number of rotatable bonds is 5. The highest BCUT2D eigenvalue weighted by atomic mass is 35.5. The molecule has 106 valence electrons. The highest BCUT2D eigenvalue weighted by molar-refractivity contribution is 6.33. The molecule has 1 saturated carbocycles. The number of benzene rings is 1. The second-order valence-corrected chi connectivity index (χ2v) is 5.73. The zero-order valence-electron chi connectivity index (χ0n) is 11.7. The van der Waals surface area contributed by atoms with Gasteiger partial charge >= 0.3 is 0 Å². The SMILES string of the molecule is COc1ccc(Cl)c(NCc2ccc(C3CC3C)o2)c1. The summed E-state index contributed by atoms with van der Waals surface area (Å²) in [5.41, 5.74) is 0.851. The Bertz CT molecular complexity index is 608. The molecule has 2 aromatic rings. The fraction of sp³-hybridized carbons (Fsp3) is 0.375. The van der Waals surface area contributed by atoms with Crippen LogP contribution in [0.3, 0.4) is 0 Å². The lowest BCUT2D eigenvalue weighted by atomic mass is 10.2. The normalized spacial score (nSPS) is 20.8. The van der Waals surface area contributed by atoms with Gasteiger partial charge in [0.25, 0.3) is 0 Å². The Morgan fingerprint density at radius 3 is 2.85 bits per heavy atom. The molecule has 2 atom stereocenters. The van der Waals surface area contributed by atoms with Crippen molar-refractivity contribution in [2.75, 3.05) is 12.4 Å². The lowest BCUT2D eigenvalue weighted by molar-refractivity contribution is 0.415. The summed E-state index contributed by atoms with van der Waals surface area (Å²) in [6.45, 7) is 2.87. The van der Waals surface area contributed by atoms with E-state index >= 15 is 0 Å². The van der Waals surface area contributed by atoms with E-state index in [9.17, 15) is 0 Å². The molecule has 1 aromatic carbocycles. The molecular weight excluding hydrogens is 274 g/mol. The van der Waals surface area contributed by atoms with Crippen molar-refractivity contribution in [1.82, 2.24) is 0 Å². The maximum atomic E-state index is 6.16. The van der Waals surface area contributed by atoms with E-state index in [4.69, 9.17) is 20.8 Å². The van der Waals surface area contributed by atoms with Crippen LogP contribution in [0.25, 0.3) is 0 Å². The van der Waals surface area contributed by atoms with Gasteiger partial charge in [0.1, 0.15) is 17.3 Å². The van der Waals surface area contributed by atoms with Crippen LogP contribution in [0.15, 0.2) is 34.7 Å². The third kappa shape index (κ3) is 2.78. The van der Waals surface area contributed by atoms with Crippen LogP contribution in [0.4, 0.5) is 5.69 Å². The van der Waals surface area contributed by atoms with Crippen LogP contribution in [0.2, 0.25) is 5.02 Å². The van der Waals surface area contributed by atoms with Crippen molar-refractivity contribution >= 4 is 17.3 Å². The van der Waals surface area contributed by atoms with Crippen molar-refractivity contribution in [3.05, 3.63) is 46.9 Å².